The molecule has 1 N–H and O–H groups in total. The van der Waals surface area contributed by atoms with Crippen LogP contribution < -0.4 is 14.8 Å². The lowest BCUT2D eigenvalue weighted by atomic mass is 9.95. The van der Waals surface area contributed by atoms with Gasteiger partial charge < -0.3 is 14.8 Å². The van der Waals surface area contributed by atoms with E-state index in [1.807, 2.05) is 24.3 Å². The Morgan fingerprint density at radius 2 is 1.58 bits per heavy atom. The number of ether oxygens (including phenoxy) is 2. The van der Waals surface area contributed by atoms with Gasteiger partial charge in [-0.15, -0.1) is 12.4 Å². The van der Waals surface area contributed by atoms with Gasteiger partial charge in [-0.2, -0.15) is 0 Å². The monoisotopic (exact) mass is 466 g/mol. The molecule has 2 saturated heterocycles. The second kappa shape index (κ2) is 10.0. The van der Waals surface area contributed by atoms with Crippen molar-refractivity contribution >= 4 is 29.1 Å². The Hall–Kier alpha value is -2.76. The molecule has 0 aliphatic carbocycles. The van der Waals surface area contributed by atoms with Crippen LogP contribution in [0.15, 0.2) is 60.7 Å². The highest BCUT2D eigenvalue weighted by atomic mass is 35.5. The second-order valence-corrected chi connectivity index (χ2v) is 8.89. The van der Waals surface area contributed by atoms with Gasteiger partial charge in [0.1, 0.15) is 11.5 Å². The van der Waals surface area contributed by atoms with Crippen molar-refractivity contribution in [3.8, 4) is 11.5 Å². The molecule has 33 heavy (non-hydrogen) atoms. The molecule has 2 aliphatic heterocycles. The van der Waals surface area contributed by atoms with E-state index in [1.54, 1.807) is 20.3 Å². The molecule has 174 valence electrons. The number of rotatable bonds is 6. The van der Waals surface area contributed by atoms with E-state index >= 15 is 0 Å². The van der Waals surface area contributed by atoms with Gasteiger partial charge in [-0.3, -0.25) is 9.69 Å². The van der Waals surface area contributed by atoms with Crippen LogP contribution in [0.4, 0.5) is 0 Å². The molecule has 5 nitrogen and oxygen atoms in total. The van der Waals surface area contributed by atoms with Gasteiger partial charge in [0, 0.05) is 35.4 Å². The van der Waals surface area contributed by atoms with Crippen LogP contribution in [0.5, 0.6) is 11.5 Å². The van der Waals surface area contributed by atoms with Crippen molar-refractivity contribution in [1.29, 1.82) is 0 Å². The van der Waals surface area contributed by atoms with Gasteiger partial charge in [0.15, 0.2) is 0 Å². The van der Waals surface area contributed by atoms with Crippen LogP contribution in [0.2, 0.25) is 0 Å². The fourth-order valence-corrected chi connectivity index (χ4v) is 5.58. The van der Waals surface area contributed by atoms with E-state index in [1.165, 1.54) is 18.4 Å². The number of piperidine rings is 1. The molecule has 0 spiro atoms. The Balaban J connectivity index is 0.00000259. The Labute approximate surface area is 201 Å². The Morgan fingerprint density at radius 1 is 0.939 bits per heavy atom. The number of nitrogens with one attached hydrogen (secondary N) is 1. The molecule has 3 aromatic rings. The van der Waals surface area contributed by atoms with Crippen LogP contribution in [0.1, 0.15) is 41.6 Å². The fraction of sp³-hybridized carbons (Fsp3) is 0.370. The Bertz CT molecular complexity index is 1110. The largest absolute Gasteiger partial charge is 0.496 e. The molecule has 2 unspecified atom stereocenters. The highest BCUT2D eigenvalue weighted by Crippen LogP contribution is 2.39. The van der Waals surface area contributed by atoms with Gasteiger partial charge >= 0.3 is 0 Å². The summed E-state index contributed by atoms with van der Waals surface area (Å²) >= 11 is 0. The van der Waals surface area contributed by atoms with Crippen molar-refractivity contribution in [2.24, 2.45) is 0 Å². The first-order valence-electron chi connectivity index (χ1n) is 11.4. The van der Waals surface area contributed by atoms with Gasteiger partial charge in [0.25, 0.3) is 5.91 Å². The van der Waals surface area contributed by atoms with E-state index in [2.05, 4.69) is 40.5 Å². The predicted molar refractivity (Wildman–Crippen MR) is 134 cm³/mol. The van der Waals surface area contributed by atoms with Crippen molar-refractivity contribution < 1.29 is 14.3 Å². The third kappa shape index (κ3) is 4.53. The minimum absolute atomic E-state index is 0. The van der Waals surface area contributed by atoms with Crippen molar-refractivity contribution in [2.75, 3.05) is 14.2 Å². The van der Waals surface area contributed by atoms with Gasteiger partial charge in [0.2, 0.25) is 0 Å². The van der Waals surface area contributed by atoms with Crippen molar-refractivity contribution in [1.82, 2.24) is 10.2 Å². The normalized spacial score (nSPS) is 21.9. The molecule has 2 heterocycles. The second-order valence-electron chi connectivity index (χ2n) is 8.89. The lowest BCUT2D eigenvalue weighted by molar-refractivity contribution is 0.0825. The maximum atomic E-state index is 13.4. The van der Waals surface area contributed by atoms with Gasteiger partial charge in [-0.05, 0) is 37.3 Å². The van der Waals surface area contributed by atoms with Crippen LogP contribution in [0.25, 0.3) is 10.8 Å². The Morgan fingerprint density at radius 3 is 2.21 bits per heavy atom. The summed E-state index contributed by atoms with van der Waals surface area (Å²) in [5.41, 5.74) is 1.89. The number of fused-ring (bicyclic) bond motifs is 3. The number of hydrogen-bond donors (Lipinski definition) is 1. The zero-order valence-corrected chi connectivity index (χ0v) is 19.9. The highest BCUT2D eigenvalue weighted by Gasteiger charge is 2.41. The average Bonchev–Trinajstić information content (AvgIpc) is 3.05. The lowest BCUT2D eigenvalue weighted by Crippen LogP contribution is -2.50. The molecular weight excluding hydrogens is 436 g/mol. The van der Waals surface area contributed by atoms with E-state index in [4.69, 9.17) is 9.47 Å². The minimum atomic E-state index is -0.0909. The molecule has 2 fully saturated rings. The standard InChI is InChI=1S/C27H30N2O3.ClH/c1-31-25-16-24(26(32-2)23-11-7-6-10-22(23)25)27(30)28-19-14-20-12-13-21(15-19)29(20)17-18-8-4-3-5-9-18;/h3-11,16,19-21H,12-15,17H2,1-2H3,(H,28,30);1H. The molecule has 2 aliphatic rings. The van der Waals surface area contributed by atoms with Gasteiger partial charge in [-0.1, -0.05) is 54.6 Å². The number of hydrogen-bond acceptors (Lipinski definition) is 4. The minimum Gasteiger partial charge on any atom is -0.496 e. The Kier molecular flexibility index (Phi) is 7.11. The quantitative estimate of drug-likeness (QED) is 0.542. The van der Waals surface area contributed by atoms with Gasteiger partial charge in [-0.25, -0.2) is 0 Å². The maximum Gasteiger partial charge on any atom is 0.255 e. The SMILES string of the molecule is COc1cc(C(=O)NC2CC3CCC(C2)N3Cc2ccccc2)c(OC)c2ccccc12.Cl. The highest BCUT2D eigenvalue weighted by molar-refractivity contribution is 6.06. The van der Waals surface area contributed by atoms with E-state index in [-0.39, 0.29) is 24.4 Å². The summed E-state index contributed by atoms with van der Waals surface area (Å²) in [5.74, 6) is 1.19. The van der Waals surface area contributed by atoms with E-state index in [9.17, 15) is 4.79 Å². The smallest absolute Gasteiger partial charge is 0.255 e. The first-order valence-corrected chi connectivity index (χ1v) is 11.4. The van der Waals surface area contributed by atoms with Crippen LogP contribution in [0.3, 0.4) is 0 Å². The molecule has 1 amide bonds. The molecule has 5 rings (SSSR count). The third-order valence-corrected chi connectivity index (χ3v) is 7.05. The van der Waals surface area contributed by atoms with Crippen molar-refractivity contribution in [3.05, 3.63) is 71.8 Å². The fourth-order valence-electron chi connectivity index (χ4n) is 5.58. The third-order valence-electron chi connectivity index (χ3n) is 7.05. The lowest BCUT2D eigenvalue weighted by Gasteiger charge is -2.39. The predicted octanol–water partition coefficient (Wildman–Crippen LogP) is 5.20. The molecule has 2 atom stereocenters. The van der Waals surface area contributed by atoms with E-state index in [0.29, 0.717) is 29.1 Å². The van der Waals surface area contributed by atoms with Crippen LogP contribution in [0, 0.1) is 0 Å². The van der Waals surface area contributed by atoms with E-state index in [0.717, 1.165) is 30.2 Å². The number of carbonyl (C=O) groups is 1. The molecule has 0 radical (unpaired) electrons. The van der Waals surface area contributed by atoms with Crippen molar-refractivity contribution in [3.63, 3.8) is 0 Å². The summed E-state index contributed by atoms with van der Waals surface area (Å²) in [4.78, 5) is 16.0. The number of methoxy groups -OCH3 is 2. The van der Waals surface area contributed by atoms with Crippen LogP contribution in [-0.4, -0.2) is 43.2 Å². The zero-order valence-electron chi connectivity index (χ0n) is 19.1. The number of carbonyl (C=O) groups excluding carboxylic acids is 1. The molecule has 0 saturated carbocycles. The summed E-state index contributed by atoms with van der Waals surface area (Å²) in [6.07, 6.45) is 4.39. The summed E-state index contributed by atoms with van der Waals surface area (Å²) < 4.78 is 11.3. The first-order chi connectivity index (χ1) is 15.7. The summed E-state index contributed by atoms with van der Waals surface area (Å²) in [7, 11) is 3.25. The maximum absolute atomic E-state index is 13.4. The van der Waals surface area contributed by atoms with Gasteiger partial charge in [0.05, 0.1) is 19.8 Å². The molecule has 0 aromatic heterocycles. The molecule has 2 bridgehead atoms. The summed E-state index contributed by atoms with van der Waals surface area (Å²) in [5, 5.41) is 5.14. The van der Waals surface area contributed by atoms with Crippen LogP contribution in [-0.2, 0) is 6.54 Å². The number of nitrogens with zero attached hydrogens (tertiary/aromatic N) is 1. The average molecular weight is 467 g/mol. The van der Waals surface area contributed by atoms with E-state index < -0.39 is 0 Å². The van der Waals surface area contributed by atoms with Crippen molar-refractivity contribution in [2.45, 2.75) is 50.4 Å². The molecular formula is C27H31ClN2O3. The molecule has 6 heteroatoms. The summed E-state index contributed by atoms with van der Waals surface area (Å²) in [6, 6.07) is 21.6. The summed E-state index contributed by atoms with van der Waals surface area (Å²) in [6.45, 7) is 0.993. The number of benzene rings is 3. The number of amides is 1. The zero-order chi connectivity index (χ0) is 22.1. The molecule has 3 aromatic carbocycles. The topological polar surface area (TPSA) is 50.8 Å². The van der Waals surface area contributed by atoms with Crippen LogP contribution >= 0.6 is 12.4 Å². The first kappa shape index (κ1) is 23.4. The number of halogens is 1.